The fraction of sp³-hybridized carbons (Fsp3) is 0.552. The van der Waals surface area contributed by atoms with E-state index in [0.29, 0.717) is 5.92 Å². The molecule has 2 heterocycles. The summed E-state index contributed by atoms with van der Waals surface area (Å²) in [5.74, 6) is 0.508. The number of benzene rings is 2. The van der Waals surface area contributed by atoms with Crippen molar-refractivity contribution in [2.45, 2.75) is 63.9 Å². The number of unbranched alkanes of at least 4 members (excludes halogenated alkanes) is 6. The van der Waals surface area contributed by atoms with E-state index in [1.807, 2.05) is 42.5 Å². The van der Waals surface area contributed by atoms with Crippen LogP contribution in [0.1, 0.15) is 57.8 Å². The number of para-hydroxylation sites is 1. The standard InChI is InChI=1S/C29H39BrN2O2.BrH/c30-19-11-4-2-1-3-5-12-20-32-21-17-25(23-32)28(18-22-32)34-29(33)31-27-16-10-9-15-26(27)24-13-7-6-8-14-24;/h6-10,13-16,25,28H,1-5,11-12,17-23H2;1H/t25?,28?,32-;/m1./s1. The molecule has 2 aromatic carbocycles. The van der Waals surface area contributed by atoms with Crippen LogP contribution in [0.4, 0.5) is 10.5 Å². The first-order valence-electron chi connectivity index (χ1n) is 13.2. The third-order valence-electron chi connectivity index (χ3n) is 7.78. The zero-order chi connectivity index (χ0) is 23.6. The van der Waals surface area contributed by atoms with Gasteiger partial charge in [0, 0.05) is 23.7 Å². The van der Waals surface area contributed by atoms with Crippen molar-refractivity contribution in [2.75, 3.05) is 36.8 Å². The Labute approximate surface area is 230 Å². The van der Waals surface area contributed by atoms with Crippen molar-refractivity contribution in [3.8, 4) is 11.1 Å². The molecule has 192 valence electrons. The quantitative estimate of drug-likeness (QED) is 0.217. The minimum Gasteiger partial charge on any atom is -1.00 e. The number of piperidine rings is 1. The van der Waals surface area contributed by atoms with Gasteiger partial charge in [-0.2, -0.15) is 0 Å². The lowest BCUT2D eigenvalue weighted by atomic mass is 9.95. The zero-order valence-electron chi connectivity index (χ0n) is 20.8. The summed E-state index contributed by atoms with van der Waals surface area (Å²) in [5.41, 5.74) is 2.91. The SMILES string of the molecule is O=C(Nc1ccccc1-c1ccccc1)OC1CC[N@@+]2(CCCCCCCCCBr)CCC1C2.[Br-]. The number of amides is 1. The third-order valence-corrected chi connectivity index (χ3v) is 8.34. The topological polar surface area (TPSA) is 38.3 Å². The fourth-order valence-electron chi connectivity index (χ4n) is 5.90. The highest BCUT2D eigenvalue weighted by molar-refractivity contribution is 9.09. The summed E-state index contributed by atoms with van der Waals surface area (Å²) in [6, 6.07) is 18.1. The van der Waals surface area contributed by atoms with Crippen LogP contribution in [-0.2, 0) is 4.74 Å². The summed E-state index contributed by atoms with van der Waals surface area (Å²) in [7, 11) is 0. The predicted octanol–water partition coefficient (Wildman–Crippen LogP) is 4.64. The Kier molecular flexibility index (Phi) is 11.6. The molecule has 0 aliphatic carbocycles. The molecule has 0 spiro atoms. The molecule has 35 heavy (non-hydrogen) atoms. The lowest BCUT2D eigenvalue weighted by molar-refractivity contribution is -0.922. The zero-order valence-corrected chi connectivity index (χ0v) is 23.9. The van der Waals surface area contributed by atoms with Crippen molar-refractivity contribution < 1.29 is 31.0 Å². The molecule has 2 bridgehead atoms. The van der Waals surface area contributed by atoms with Gasteiger partial charge in [-0.05, 0) is 30.9 Å². The molecule has 0 aromatic heterocycles. The number of rotatable bonds is 12. The van der Waals surface area contributed by atoms with E-state index in [1.165, 1.54) is 75.5 Å². The number of hydrogen-bond donors (Lipinski definition) is 1. The van der Waals surface area contributed by atoms with Gasteiger partial charge in [-0.25, -0.2) is 4.79 Å². The van der Waals surface area contributed by atoms with Gasteiger partial charge in [0.1, 0.15) is 6.10 Å². The summed E-state index contributed by atoms with van der Waals surface area (Å²) >= 11 is 3.52. The first-order valence-corrected chi connectivity index (χ1v) is 14.3. The van der Waals surface area contributed by atoms with Gasteiger partial charge in [0.15, 0.2) is 0 Å². The molecule has 1 amide bonds. The normalized spacial score (nSPS) is 22.9. The molecule has 6 heteroatoms. The van der Waals surface area contributed by atoms with Crippen LogP contribution in [0.15, 0.2) is 54.6 Å². The largest absolute Gasteiger partial charge is 1.00 e. The highest BCUT2D eigenvalue weighted by Gasteiger charge is 2.47. The Morgan fingerprint density at radius 2 is 1.54 bits per heavy atom. The van der Waals surface area contributed by atoms with Crippen molar-refractivity contribution in [3.63, 3.8) is 0 Å². The second-order valence-corrected chi connectivity index (χ2v) is 11.0. The van der Waals surface area contributed by atoms with E-state index in [0.717, 1.165) is 35.1 Å². The molecule has 2 aliphatic rings. The van der Waals surface area contributed by atoms with Gasteiger partial charge < -0.3 is 26.2 Å². The van der Waals surface area contributed by atoms with Crippen molar-refractivity contribution in [1.29, 1.82) is 0 Å². The van der Waals surface area contributed by atoms with Crippen molar-refractivity contribution in [1.82, 2.24) is 0 Å². The molecule has 0 radical (unpaired) electrons. The highest BCUT2D eigenvalue weighted by Crippen LogP contribution is 2.36. The molecule has 2 fully saturated rings. The van der Waals surface area contributed by atoms with Gasteiger partial charge >= 0.3 is 6.09 Å². The van der Waals surface area contributed by atoms with Crippen LogP contribution in [-0.4, -0.2) is 48.2 Å². The van der Waals surface area contributed by atoms with E-state index >= 15 is 0 Å². The van der Waals surface area contributed by atoms with E-state index < -0.39 is 0 Å². The minimum atomic E-state index is -0.319. The van der Waals surface area contributed by atoms with Crippen LogP contribution in [0, 0.1) is 5.92 Å². The Bertz CT molecular complexity index is 911. The Balaban J connectivity index is 0.00000342. The number of ether oxygens (including phenoxy) is 1. The van der Waals surface area contributed by atoms with Gasteiger partial charge in [0.25, 0.3) is 0 Å². The Morgan fingerprint density at radius 1 is 0.886 bits per heavy atom. The summed E-state index contributed by atoms with van der Waals surface area (Å²) in [4.78, 5) is 12.8. The first kappa shape index (κ1) is 28.2. The van der Waals surface area contributed by atoms with Crippen molar-refractivity contribution in [2.24, 2.45) is 5.92 Å². The van der Waals surface area contributed by atoms with Gasteiger partial charge in [0.2, 0.25) is 0 Å². The number of carbonyl (C=O) groups is 1. The highest BCUT2D eigenvalue weighted by atomic mass is 79.9. The summed E-state index contributed by atoms with van der Waals surface area (Å²) in [5, 5.41) is 4.16. The molecule has 2 aliphatic heterocycles. The Hall–Kier alpha value is -1.37. The number of nitrogens with one attached hydrogen (secondary N) is 1. The van der Waals surface area contributed by atoms with E-state index in [2.05, 4.69) is 33.4 Å². The fourth-order valence-corrected chi connectivity index (χ4v) is 6.29. The second kappa shape index (κ2) is 14.4. The van der Waals surface area contributed by atoms with Gasteiger partial charge in [-0.15, -0.1) is 0 Å². The Morgan fingerprint density at radius 3 is 2.31 bits per heavy atom. The number of alkyl halides is 1. The average molecular weight is 608 g/mol. The van der Waals surface area contributed by atoms with Gasteiger partial charge in [0.05, 0.1) is 37.8 Å². The lowest BCUT2D eigenvalue weighted by Gasteiger charge is -2.40. The molecule has 3 atom stereocenters. The smallest absolute Gasteiger partial charge is 0.411 e. The lowest BCUT2D eigenvalue weighted by Crippen LogP contribution is -3.00. The molecular formula is C29H40Br2N2O2. The summed E-state index contributed by atoms with van der Waals surface area (Å²) in [6.45, 7) is 4.90. The molecule has 2 aromatic rings. The number of fused-ring (bicyclic) bond motifs is 2. The van der Waals surface area contributed by atoms with E-state index in [1.54, 1.807) is 0 Å². The third kappa shape index (κ3) is 8.06. The number of hydrogen-bond acceptors (Lipinski definition) is 2. The summed E-state index contributed by atoms with van der Waals surface area (Å²) in [6.07, 6.45) is 11.4. The molecule has 2 unspecified atom stereocenters. The van der Waals surface area contributed by atoms with Crippen molar-refractivity contribution in [3.05, 3.63) is 54.6 Å². The number of carbonyl (C=O) groups excluding carboxylic acids is 1. The number of nitrogens with zero attached hydrogens (tertiary/aromatic N) is 1. The first-order chi connectivity index (χ1) is 16.7. The summed E-state index contributed by atoms with van der Waals surface area (Å²) < 4.78 is 7.24. The number of anilines is 1. The molecule has 2 saturated heterocycles. The molecule has 0 saturated carbocycles. The van der Waals surface area contributed by atoms with Crippen LogP contribution in [0.2, 0.25) is 0 Å². The monoisotopic (exact) mass is 606 g/mol. The minimum absolute atomic E-state index is 0. The maximum Gasteiger partial charge on any atom is 0.411 e. The van der Waals surface area contributed by atoms with Crippen LogP contribution in [0.3, 0.4) is 0 Å². The van der Waals surface area contributed by atoms with Crippen LogP contribution < -0.4 is 22.3 Å². The molecular weight excluding hydrogens is 568 g/mol. The molecule has 4 rings (SSSR count). The van der Waals surface area contributed by atoms with Crippen molar-refractivity contribution >= 4 is 27.7 Å². The second-order valence-electron chi connectivity index (χ2n) is 10.2. The van der Waals surface area contributed by atoms with Gasteiger partial charge in [-0.1, -0.05) is 90.1 Å². The van der Waals surface area contributed by atoms with Gasteiger partial charge in [-0.3, -0.25) is 5.32 Å². The molecule has 1 N–H and O–H groups in total. The van der Waals surface area contributed by atoms with E-state index in [-0.39, 0.29) is 29.2 Å². The number of halogens is 2. The molecule has 4 nitrogen and oxygen atoms in total. The maximum absolute atomic E-state index is 12.8. The average Bonchev–Trinajstić information content (AvgIpc) is 3.21. The van der Waals surface area contributed by atoms with Crippen LogP contribution in [0.5, 0.6) is 0 Å². The van der Waals surface area contributed by atoms with Crippen LogP contribution >= 0.6 is 15.9 Å². The van der Waals surface area contributed by atoms with Crippen LogP contribution in [0.25, 0.3) is 11.1 Å². The number of quaternary nitrogens is 1. The maximum atomic E-state index is 12.8. The predicted molar refractivity (Wildman–Crippen MR) is 144 cm³/mol. The van der Waals surface area contributed by atoms with E-state index in [9.17, 15) is 4.79 Å². The van der Waals surface area contributed by atoms with E-state index in [4.69, 9.17) is 4.74 Å².